The molecule has 1 aromatic rings. The summed E-state index contributed by atoms with van der Waals surface area (Å²) in [6, 6.07) is 3.40. The van der Waals surface area contributed by atoms with Gasteiger partial charge in [-0.3, -0.25) is 4.79 Å². The van der Waals surface area contributed by atoms with E-state index in [0.29, 0.717) is 17.9 Å². The summed E-state index contributed by atoms with van der Waals surface area (Å²) in [7, 11) is 0. The molecule has 0 spiro atoms. The third kappa shape index (κ3) is 6.86. The molecule has 2 atom stereocenters. The molecule has 3 amide bonds. The molecule has 0 bridgehead atoms. The molecule has 0 aliphatic heterocycles. The summed E-state index contributed by atoms with van der Waals surface area (Å²) in [6.45, 7) is 1.40. The number of rotatable bonds is 8. The van der Waals surface area contributed by atoms with Crippen molar-refractivity contribution in [2.24, 2.45) is 5.73 Å². The highest BCUT2D eigenvalue weighted by molar-refractivity contribution is 7.98. The lowest BCUT2D eigenvalue weighted by molar-refractivity contribution is -0.155. The fourth-order valence-electron chi connectivity index (χ4n) is 1.74. The SMILES string of the molecule is CSCC[C@@H](NC(N)=O)C(=O)O[C@@H](C)C(=O)Nc1ccc(F)cc1. The minimum absolute atomic E-state index is 0.329. The molecule has 7 nitrogen and oxygen atoms in total. The molecule has 132 valence electrons. The maximum Gasteiger partial charge on any atom is 0.329 e. The highest BCUT2D eigenvalue weighted by Crippen LogP contribution is 2.10. The molecule has 0 unspecified atom stereocenters. The second kappa shape index (κ2) is 9.76. The number of carbonyl (C=O) groups excluding carboxylic acids is 3. The number of urea groups is 1. The maximum absolute atomic E-state index is 12.8. The molecule has 0 radical (unpaired) electrons. The number of nitrogens with two attached hydrogens (primary N) is 1. The van der Waals surface area contributed by atoms with Crippen LogP contribution >= 0.6 is 11.8 Å². The Morgan fingerprint density at radius 2 is 1.92 bits per heavy atom. The quantitative estimate of drug-likeness (QED) is 0.611. The number of primary amides is 1. The Hall–Kier alpha value is -2.29. The van der Waals surface area contributed by atoms with E-state index in [1.54, 1.807) is 0 Å². The van der Waals surface area contributed by atoms with Crippen molar-refractivity contribution in [1.29, 1.82) is 0 Å². The van der Waals surface area contributed by atoms with Crippen molar-refractivity contribution in [3.8, 4) is 0 Å². The van der Waals surface area contributed by atoms with Crippen LogP contribution in [0.5, 0.6) is 0 Å². The summed E-state index contributed by atoms with van der Waals surface area (Å²) in [5, 5.41) is 4.79. The molecular weight excluding hydrogens is 337 g/mol. The van der Waals surface area contributed by atoms with Crippen LogP contribution in [-0.2, 0) is 14.3 Å². The molecular formula is C15H20FN3O4S. The molecule has 0 aliphatic carbocycles. The first-order valence-corrected chi connectivity index (χ1v) is 8.54. The van der Waals surface area contributed by atoms with E-state index in [1.807, 2.05) is 6.26 Å². The fraction of sp³-hybridized carbons (Fsp3) is 0.400. The normalized spacial score (nSPS) is 12.8. The predicted molar refractivity (Wildman–Crippen MR) is 90.1 cm³/mol. The average Bonchev–Trinajstić information content (AvgIpc) is 2.53. The molecule has 4 N–H and O–H groups in total. The van der Waals surface area contributed by atoms with Crippen LogP contribution in [0.15, 0.2) is 24.3 Å². The van der Waals surface area contributed by atoms with E-state index in [-0.39, 0.29) is 0 Å². The summed E-state index contributed by atoms with van der Waals surface area (Å²) >= 11 is 1.49. The Kier molecular flexibility index (Phi) is 8.03. The molecule has 0 aliphatic rings. The van der Waals surface area contributed by atoms with Crippen molar-refractivity contribution in [3.63, 3.8) is 0 Å². The number of thioether (sulfide) groups is 1. The Bertz CT molecular complexity index is 583. The van der Waals surface area contributed by atoms with Gasteiger partial charge in [-0.2, -0.15) is 11.8 Å². The second-order valence-corrected chi connectivity index (χ2v) is 5.90. The van der Waals surface area contributed by atoms with Crippen LogP contribution in [0, 0.1) is 5.82 Å². The van der Waals surface area contributed by atoms with Crippen LogP contribution < -0.4 is 16.4 Å². The minimum Gasteiger partial charge on any atom is -0.451 e. The van der Waals surface area contributed by atoms with E-state index in [1.165, 1.54) is 43.0 Å². The van der Waals surface area contributed by atoms with Gasteiger partial charge in [0.25, 0.3) is 5.91 Å². The number of nitrogens with one attached hydrogen (secondary N) is 2. The number of esters is 1. The number of hydrogen-bond acceptors (Lipinski definition) is 5. The topological polar surface area (TPSA) is 111 Å². The van der Waals surface area contributed by atoms with Crippen LogP contribution in [-0.4, -0.2) is 42.1 Å². The van der Waals surface area contributed by atoms with Gasteiger partial charge < -0.3 is 21.1 Å². The third-order valence-electron chi connectivity index (χ3n) is 2.99. The maximum atomic E-state index is 12.8. The minimum atomic E-state index is -1.09. The molecule has 0 aromatic heterocycles. The van der Waals surface area contributed by atoms with E-state index >= 15 is 0 Å². The third-order valence-corrected chi connectivity index (χ3v) is 3.63. The summed E-state index contributed by atoms with van der Waals surface area (Å²) in [5.74, 6) is -1.14. The number of carbonyl (C=O) groups is 3. The van der Waals surface area contributed by atoms with Gasteiger partial charge in [-0.05, 0) is 49.6 Å². The summed E-state index contributed by atoms with van der Waals surface area (Å²) in [4.78, 5) is 35.0. The zero-order chi connectivity index (χ0) is 18.1. The first-order chi connectivity index (χ1) is 11.3. The van der Waals surface area contributed by atoms with Gasteiger partial charge >= 0.3 is 12.0 Å². The molecule has 24 heavy (non-hydrogen) atoms. The van der Waals surface area contributed by atoms with Crippen molar-refractivity contribution >= 4 is 35.4 Å². The van der Waals surface area contributed by atoms with E-state index < -0.39 is 35.9 Å². The molecule has 1 aromatic carbocycles. The number of anilines is 1. The summed E-state index contributed by atoms with van der Waals surface area (Å²) < 4.78 is 17.9. The van der Waals surface area contributed by atoms with Gasteiger partial charge in [0.2, 0.25) is 0 Å². The van der Waals surface area contributed by atoms with Gasteiger partial charge in [-0.25, -0.2) is 14.0 Å². The first kappa shape index (κ1) is 19.8. The number of ether oxygens (including phenoxy) is 1. The van der Waals surface area contributed by atoms with E-state index in [0.717, 1.165) is 0 Å². The van der Waals surface area contributed by atoms with Gasteiger partial charge in [0.05, 0.1) is 0 Å². The van der Waals surface area contributed by atoms with Gasteiger partial charge in [-0.15, -0.1) is 0 Å². The van der Waals surface area contributed by atoms with Crippen molar-refractivity contribution < 1.29 is 23.5 Å². The monoisotopic (exact) mass is 357 g/mol. The lowest BCUT2D eigenvalue weighted by atomic mass is 10.2. The number of hydrogen-bond donors (Lipinski definition) is 3. The first-order valence-electron chi connectivity index (χ1n) is 7.15. The predicted octanol–water partition coefficient (Wildman–Crippen LogP) is 1.49. The standard InChI is InChI=1S/C15H20FN3O4S/c1-9(13(20)18-11-5-3-10(16)4-6-11)23-14(21)12(7-8-24-2)19-15(17)22/h3-6,9,12H,7-8H2,1-2H3,(H,18,20)(H3,17,19,22)/t9-,12+/m0/s1. The van der Waals surface area contributed by atoms with Crippen molar-refractivity contribution in [1.82, 2.24) is 5.32 Å². The van der Waals surface area contributed by atoms with Crippen molar-refractivity contribution in [2.75, 3.05) is 17.3 Å². The van der Waals surface area contributed by atoms with Gasteiger partial charge in [0, 0.05) is 5.69 Å². The van der Waals surface area contributed by atoms with Gasteiger partial charge in [-0.1, -0.05) is 0 Å². The summed E-state index contributed by atoms with van der Waals surface area (Å²) in [5.41, 5.74) is 5.41. The second-order valence-electron chi connectivity index (χ2n) is 4.92. The molecule has 0 fully saturated rings. The molecule has 0 saturated carbocycles. The van der Waals surface area contributed by atoms with Crippen LogP contribution in [0.1, 0.15) is 13.3 Å². The Morgan fingerprint density at radius 3 is 2.46 bits per heavy atom. The highest BCUT2D eigenvalue weighted by atomic mass is 32.2. The van der Waals surface area contributed by atoms with Gasteiger partial charge in [0.15, 0.2) is 6.10 Å². The van der Waals surface area contributed by atoms with Crippen LogP contribution in [0.2, 0.25) is 0 Å². The fourth-order valence-corrected chi connectivity index (χ4v) is 2.21. The average molecular weight is 357 g/mol. The Morgan fingerprint density at radius 1 is 1.29 bits per heavy atom. The van der Waals surface area contributed by atoms with E-state index in [9.17, 15) is 18.8 Å². The van der Waals surface area contributed by atoms with Crippen LogP contribution in [0.25, 0.3) is 0 Å². The lowest BCUT2D eigenvalue weighted by Gasteiger charge is -2.19. The zero-order valence-electron chi connectivity index (χ0n) is 13.4. The molecule has 0 saturated heterocycles. The highest BCUT2D eigenvalue weighted by Gasteiger charge is 2.25. The van der Waals surface area contributed by atoms with E-state index in [2.05, 4.69) is 10.6 Å². The van der Waals surface area contributed by atoms with Gasteiger partial charge in [0.1, 0.15) is 11.9 Å². The molecule has 9 heteroatoms. The van der Waals surface area contributed by atoms with Crippen LogP contribution in [0.4, 0.5) is 14.9 Å². The Labute approximate surface area is 143 Å². The van der Waals surface area contributed by atoms with E-state index in [4.69, 9.17) is 10.5 Å². The zero-order valence-corrected chi connectivity index (χ0v) is 14.2. The Balaban J connectivity index is 2.60. The summed E-state index contributed by atoms with van der Waals surface area (Å²) in [6.07, 6.45) is 1.09. The van der Waals surface area contributed by atoms with Crippen LogP contribution in [0.3, 0.4) is 0 Å². The molecule has 1 rings (SSSR count). The lowest BCUT2D eigenvalue weighted by Crippen LogP contribution is -2.46. The van der Waals surface area contributed by atoms with Crippen molar-refractivity contribution in [2.45, 2.75) is 25.5 Å². The van der Waals surface area contributed by atoms with Crippen molar-refractivity contribution in [3.05, 3.63) is 30.1 Å². The molecule has 0 heterocycles. The largest absolute Gasteiger partial charge is 0.451 e. The number of halogens is 1. The smallest absolute Gasteiger partial charge is 0.329 e. The number of benzene rings is 1. The number of amides is 3.